The second-order valence-corrected chi connectivity index (χ2v) is 8.95. The van der Waals surface area contributed by atoms with Crippen LogP contribution in [0, 0.1) is 11.8 Å². The van der Waals surface area contributed by atoms with Crippen LogP contribution in [-0.4, -0.2) is 39.5 Å². The summed E-state index contributed by atoms with van der Waals surface area (Å²) in [6.45, 7) is 0.206. The zero-order valence-electron chi connectivity index (χ0n) is 18.2. The van der Waals surface area contributed by atoms with Crippen LogP contribution in [0.1, 0.15) is 31.2 Å². The molecule has 1 aliphatic carbocycles. The Morgan fingerprint density at radius 1 is 1.09 bits per heavy atom. The van der Waals surface area contributed by atoms with Gasteiger partial charge in [0, 0.05) is 34.6 Å². The largest absolute Gasteiger partial charge is 0.480 e. The van der Waals surface area contributed by atoms with Crippen LogP contribution >= 0.6 is 11.6 Å². The molecule has 0 atom stereocenters. The number of hydrogen-bond donors (Lipinski definition) is 2. The number of carbonyl (C=O) groups is 1. The number of H-pyrrole nitrogens is 1. The highest BCUT2D eigenvalue weighted by atomic mass is 35.5. The number of ether oxygens (including phenoxy) is 1. The Kier molecular flexibility index (Phi) is 7.52. The Morgan fingerprint density at radius 3 is 2.52 bits per heavy atom. The third-order valence-corrected chi connectivity index (χ3v) is 6.37. The Labute approximate surface area is 196 Å². The Morgan fingerprint density at radius 2 is 1.82 bits per heavy atom. The molecule has 0 amide bonds. The van der Waals surface area contributed by atoms with Gasteiger partial charge in [0.15, 0.2) is 0 Å². The zero-order valence-corrected chi connectivity index (χ0v) is 18.9. The third kappa shape index (κ3) is 5.86. The lowest BCUT2D eigenvalue weighted by molar-refractivity contribution is -0.142. The minimum absolute atomic E-state index is 0.198. The van der Waals surface area contributed by atoms with Crippen molar-refractivity contribution in [1.29, 1.82) is 0 Å². The average molecular weight is 468 g/mol. The predicted molar refractivity (Wildman–Crippen MR) is 126 cm³/mol. The SMILES string of the molecule is O=C(O)COC[C@H]1CC[C@H](Cc2c(-c3cncc(Cl)c3)c(-c3ccccc3)n[nH]c2=O)CC1. The van der Waals surface area contributed by atoms with E-state index in [4.69, 9.17) is 21.4 Å². The van der Waals surface area contributed by atoms with Gasteiger partial charge in [-0.3, -0.25) is 9.78 Å². The van der Waals surface area contributed by atoms with Gasteiger partial charge >= 0.3 is 5.97 Å². The summed E-state index contributed by atoms with van der Waals surface area (Å²) in [5.74, 6) is -0.246. The Hall–Kier alpha value is -3.03. The van der Waals surface area contributed by atoms with Crippen molar-refractivity contribution in [2.75, 3.05) is 13.2 Å². The van der Waals surface area contributed by atoms with Crippen molar-refractivity contribution in [2.45, 2.75) is 32.1 Å². The molecule has 4 rings (SSSR count). The Bertz CT molecular complexity index is 1160. The van der Waals surface area contributed by atoms with Crippen LogP contribution in [0.15, 0.2) is 53.6 Å². The van der Waals surface area contributed by atoms with Crippen LogP contribution in [0.4, 0.5) is 0 Å². The molecule has 2 aromatic heterocycles. The maximum atomic E-state index is 13.0. The van der Waals surface area contributed by atoms with Crippen LogP contribution in [0.5, 0.6) is 0 Å². The fraction of sp³-hybridized carbons (Fsp3) is 0.360. The molecule has 2 N–H and O–H groups in total. The van der Waals surface area contributed by atoms with Gasteiger partial charge < -0.3 is 9.84 Å². The van der Waals surface area contributed by atoms with E-state index < -0.39 is 5.97 Å². The van der Waals surface area contributed by atoms with E-state index in [9.17, 15) is 9.59 Å². The van der Waals surface area contributed by atoms with Crippen molar-refractivity contribution in [3.63, 3.8) is 0 Å². The second kappa shape index (κ2) is 10.7. The summed E-state index contributed by atoms with van der Waals surface area (Å²) in [6, 6.07) is 11.6. The molecule has 1 saturated carbocycles. The van der Waals surface area contributed by atoms with E-state index in [-0.39, 0.29) is 12.2 Å². The van der Waals surface area contributed by atoms with Crippen molar-refractivity contribution in [2.24, 2.45) is 11.8 Å². The fourth-order valence-corrected chi connectivity index (χ4v) is 4.72. The number of benzene rings is 1. The number of aromatic amines is 1. The van der Waals surface area contributed by atoms with Crippen molar-refractivity contribution in [3.05, 3.63) is 69.7 Å². The molecule has 7 nitrogen and oxygen atoms in total. The molecule has 1 aromatic carbocycles. The maximum absolute atomic E-state index is 13.0. The normalized spacial score (nSPS) is 18.2. The minimum Gasteiger partial charge on any atom is -0.480 e. The van der Waals surface area contributed by atoms with E-state index in [1.54, 1.807) is 12.4 Å². The molecule has 0 radical (unpaired) electrons. The number of hydrogen-bond acceptors (Lipinski definition) is 5. The summed E-state index contributed by atoms with van der Waals surface area (Å²) >= 11 is 6.24. The third-order valence-electron chi connectivity index (χ3n) is 6.16. The molecular weight excluding hydrogens is 442 g/mol. The first-order valence-electron chi connectivity index (χ1n) is 11.1. The number of carboxylic acid groups (broad SMARTS) is 1. The average Bonchev–Trinajstić information content (AvgIpc) is 2.81. The first-order chi connectivity index (χ1) is 16.0. The van der Waals surface area contributed by atoms with E-state index in [0.717, 1.165) is 42.4 Å². The van der Waals surface area contributed by atoms with E-state index in [1.807, 2.05) is 36.4 Å². The van der Waals surface area contributed by atoms with Gasteiger partial charge in [-0.1, -0.05) is 41.9 Å². The number of aromatic nitrogens is 3. The molecule has 33 heavy (non-hydrogen) atoms. The highest BCUT2D eigenvalue weighted by Gasteiger charge is 2.25. The van der Waals surface area contributed by atoms with Crippen LogP contribution in [0.3, 0.4) is 0 Å². The monoisotopic (exact) mass is 467 g/mol. The molecule has 3 aromatic rings. The molecule has 0 bridgehead atoms. The van der Waals surface area contributed by atoms with Gasteiger partial charge in [-0.25, -0.2) is 9.89 Å². The highest BCUT2D eigenvalue weighted by molar-refractivity contribution is 6.30. The summed E-state index contributed by atoms with van der Waals surface area (Å²) in [4.78, 5) is 27.9. The summed E-state index contributed by atoms with van der Waals surface area (Å²) in [5, 5.41) is 16.3. The first kappa shape index (κ1) is 23.1. The topological polar surface area (TPSA) is 105 Å². The number of nitrogens with one attached hydrogen (secondary N) is 1. The summed E-state index contributed by atoms with van der Waals surface area (Å²) in [7, 11) is 0. The van der Waals surface area contributed by atoms with Gasteiger partial charge in [-0.15, -0.1) is 0 Å². The smallest absolute Gasteiger partial charge is 0.329 e. The lowest BCUT2D eigenvalue weighted by Gasteiger charge is -2.28. The summed E-state index contributed by atoms with van der Waals surface area (Å²) < 4.78 is 5.28. The Balaban J connectivity index is 1.61. The van der Waals surface area contributed by atoms with Crippen molar-refractivity contribution in [1.82, 2.24) is 15.2 Å². The van der Waals surface area contributed by atoms with Crippen LogP contribution < -0.4 is 5.56 Å². The van der Waals surface area contributed by atoms with E-state index in [1.165, 1.54) is 0 Å². The van der Waals surface area contributed by atoms with Gasteiger partial charge in [-0.2, -0.15) is 5.10 Å². The van der Waals surface area contributed by atoms with Crippen LogP contribution in [0.2, 0.25) is 5.02 Å². The molecule has 0 spiro atoms. The quantitative estimate of drug-likeness (QED) is 0.501. The number of rotatable bonds is 8. The lowest BCUT2D eigenvalue weighted by Crippen LogP contribution is -2.25. The van der Waals surface area contributed by atoms with Crippen LogP contribution in [0.25, 0.3) is 22.4 Å². The van der Waals surface area contributed by atoms with Gasteiger partial charge in [0.1, 0.15) is 6.61 Å². The van der Waals surface area contributed by atoms with E-state index in [0.29, 0.717) is 41.1 Å². The summed E-state index contributed by atoms with van der Waals surface area (Å²) in [5.41, 5.74) is 3.64. The number of halogens is 1. The van der Waals surface area contributed by atoms with Gasteiger partial charge in [0.05, 0.1) is 17.3 Å². The van der Waals surface area contributed by atoms with E-state index >= 15 is 0 Å². The second-order valence-electron chi connectivity index (χ2n) is 8.51. The molecule has 1 fully saturated rings. The molecule has 0 unspecified atom stereocenters. The molecule has 1 aliphatic rings. The van der Waals surface area contributed by atoms with Gasteiger partial charge in [0.25, 0.3) is 5.56 Å². The van der Waals surface area contributed by atoms with Gasteiger partial charge in [0.2, 0.25) is 0 Å². The zero-order chi connectivity index (χ0) is 23.2. The van der Waals surface area contributed by atoms with Crippen molar-refractivity contribution < 1.29 is 14.6 Å². The number of pyridine rings is 1. The number of aliphatic carboxylic acids is 1. The molecule has 8 heteroatoms. The molecular formula is C25H26ClN3O4. The number of nitrogens with zero attached hydrogens (tertiary/aromatic N) is 2. The summed E-state index contributed by atoms with van der Waals surface area (Å²) in [6.07, 6.45) is 7.73. The lowest BCUT2D eigenvalue weighted by atomic mass is 9.78. The molecule has 172 valence electrons. The van der Waals surface area contributed by atoms with Crippen LogP contribution in [-0.2, 0) is 16.0 Å². The van der Waals surface area contributed by atoms with Gasteiger partial charge in [-0.05, 0) is 50.0 Å². The predicted octanol–water partition coefficient (Wildman–Crippen LogP) is 4.60. The number of carboxylic acids is 1. The molecule has 2 heterocycles. The van der Waals surface area contributed by atoms with Crippen molar-refractivity contribution >= 4 is 17.6 Å². The molecule has 0 saturated heterocycles. The standard InChI is InChI=1S/C25H26ClN3O4/c26-20-11-19(12-27-13-20)23-21(25(32)29-28-24(23)18-4-2-1-3-5-18)10-16-6-8-17(9-7-16)14-33-15-22(30)31/h1-5,11-13,16-17H,6-10,14-15H2,(H,29,32)(H,30,31)/t16-,17-. The molecule has 0 aliphatic heterocycles. The maximum Gasteiger partial charge on any atom is 0.329 e. The highest BCUT2D eigenvalue weighted by Crippen LogP contribution is 2.36. The fourth-order valence-electron chi connectivity index (χ4n) is 4.55. The minimum atomic E-state index is -0.946. The van der Waals surface area contributed by atoms with E-state index in [2.05, 4.69) is 15.2 Å². The van der Waals surface area contributed by atoms with Crippen molar-refractivity contribution in [3.8, 4) is 22.4 Å². The first-order valence-corrected chi connectivity index (χ1v) is 11.5.